The van der Waals surface area contributed by atoms with Crippen molar-refractivity contribution >= 4 is 24.1 Å². The molecule has 3 aromatic rings. The second-order valence-electron chi connectivity index (χ2n) is 11.2. The van der Waals surface area contributed by atoms with Crippen LogP contribution in [0.1, 0.15) is 46.6 Å². The summed E-state index contributed by atoms with van der Waals surface area (Å²) in [5.74, 6) is -0.0532. The average molecular weight is 586 g/mol. The van der Waals surface area contributed by atoms with Gasteiger partial charge < -0.3 is 34.1 Å². The van der Waals surface area contributed by atoms with Crippen molar-refractivity contribution in [2.45, 2.75) is 58.0 Å². The summed E-state index contributed by atoms with van der Waals surface area (Å²) in [6, 6.07) is 21.4. The van der Waals surface area contributed by atoms with E-state index in [1.165, 1.54) is 7.11 Å². The molecule has 2 atom stereocenters. The second-order valence-corrected chi connectivity index (χ2v) is 11.2. The van der Waals surface area contributed by atoms with Crippen molar-refractivity contribution in [2.24, 2.45) is 0 Å². The lowest BCUT2D eigenvalue weighted by Crippen LogP contribution is -2.50. The van der Waals surface area contributed by atoms with Gasteiger partial charge in [0.1, 0.15) is 24.6 Å². The normalized spacial score (nSPS) is 16.9. The highest BCUT2D eigenvalue weighted by Gasteiger charge is 2.34. The maximum absolute atomic E-state index is 13.2. The quantitative estimate of drug-likeness (QED) is 0.251. The van der Waals surface area contributed by atoms with Crippen LogP contribution in [0.15, 0.2) is 66.7 Å². The van der Waals surface area contributed by atoms with Crippen LogP contribution < -0.4 is 10.1 Å². The van der Waals surface area contributed by atoms with Crippen molar-refractivity contribution in [3.8, 4) is 5.75 Å². The Kier molecular flexibility index (Phi) is 9.61. The third-order valence-electron chi connectivity index (χ3n) is 8.29. The zero-order chi connectivity index (χ0) is 30.3. The molecule has 0 bridgehead atoms. The first-order valence-electron chi connectivity index (χ1n) is 14.7. The maximum Gasteiger partial charge on any atom is 0.412 e. The minimum absolute atomic E-state index is 0.0212. The fourth-order valence-corrected chi connectivity index (χ4v) is 5.97. The van der Waals surface area contributed by atoms with E-state index in [0.717, 1.165) is 46.4 Å². The number of nitrogens with one attached hydrogen (secondary N) is 1. The molecule has 0 radical (unpaired) electrons. The zero-order valence-electron chi connectivity index (χ0n) is 25.0. The number of para-hydroxylation sites is 1. The highest BCUT2D eigenvalue weighted by Crippen LogP contribution is 2.31. The monoisotopic (exact) mass is 585 g/mol. The number of piperidine rings is 1. The van der Waals surface area contributed by atoms with E-state index in [1.54, 1.807) is 4.90 Å². The molecule has 0 aliphatic carbocycles. The van der Waals surface area contributed by atoms with Crippen LogP contribution in [0.5, 0.6) is 5.75 Å². The first kappa shape index (κ1) is 30.1. The number of carbonyl (C=O) groups is 3. The van der Waals surface area contributed by atoms with Crippen LogP contribution in [0.4, 0.5) is 15.3 Å². The zero-order valence-corrected chi connectivity index (χ0v) is 25.0. The number of nitrogens with zero attached hydrogens (tertiary/aromatic N) is 2. The predicted octanol–water partition coefficient (Wildman–Crippen LogP) is 5.83. The molecule has 2 unspecified atom stereocenters. The van der Waals surface area contributed by atoms with Gasteiger partial charge in [-0.25, -0.2) is 9.59 Å². The lowest BCUT2D eigenvalue weighted by Gasteiger charge is -2.38. The van der Waals surface area contributed by atoms with E-state index in [0.29, 0.717) is 44.6 Å². The molecule has 226 valence electrons. The molecule has 0 spiro atoms. The van der Waals surface area contributed by atoms with Crippen molar-refractivity contribution in [1.82, 2.24) is 9.80 Å². The van der Waals surface area contributed by atoms with Crippen molar-refractivity contribution in [3.05, 3.63) is 94.5 Å². The number of hydrogen-bond acceptors (Lipinski definition) is 6. The van der Waals surface area contributed by atoms with Crippen LogP contribution in [0, 0.1) is 13.8 Å². The molecule has 1 fully saturated rings. The van der Waals surface area contributed by atoms with E-state index >= 15 is 0 Å². The molecule has 0 saturated carbocycles. The first-order valence-corrected chi connectivity index (χ1v) is 14.7. The van der Waals surface area contributed by atoms with Crippen LogP contribution in [-0.2, 0) is 27.3 Å². The van der Waals surface area contributed by atoms with Crippen LogP contribution in [0.25, 0.3) is 0 Å². The van der Waals surface area contributed by atoms with Gasteiger partial charge in [0.15, 0.2) is 0 Å². The standard InChI is InChI=1S/C34H39N3O6/c1-23-19-27(20-24(2)31(23)42-22-25-9-5-4-6-10-25)29(21-38)32(41-3)43-34(40)36-16-14-28(15-17-36)37-18-13-26-11-7-8-12-30(26)35-33(37)39/h4-12,19-21,28-29,32H,13-18,22H2,1-3H3,(H,35,39). The van der Waals surface area contributed by atoms with Crippen molar-refractivity contribution in [3.63, 3.8) is 0 Å². The van der Waals surface area contributed by atoms with Crippen LogP contribution in [-0.4, -0.2) is 67.3 Å². The molecule has 3 amide bonds. The molecule has 5 rings (SSSR count). The van der Waals surface area contributed by atoms with Gasteiger partial charge in [-0.15, -0.1) is 0 Å². The lowest BCUT2D eigenvalue weighted by atomic mass is 9.95. The molecule has 2 heterocycles. The number of urea groups is 1. The minimum atomic E-state index is -1.09. The predicted molar refractivity (Wildman–Crippen MR) is 163 cm³/mol. The van der Waals surface area contributed by atoms with E-state index in [9.17, 15) is 14.4 Å². The Labute approximate surface area is 252 Å². The summed E-state index contributed by atoms with van der Waals surface area (Å²) >= 11 is 0. The summed E-state index contributed by atoms with van der Waals surface area (Å²) in [5, 5.41) is 3.02. The first-order chi connectivity index (χ1) is 20.9. The van der Waals surface area contributed by atoms with E-state index in [1.807, 2.05) is 85.5 Å². The third kappa shape index (κ3) is 7.00. The summed E-state index contributed by atoms with van der Waals surface area (Å²) in [4.78, 5) is 41.9. The molecule has 9 nitrogen and oxygen atoms in total. The Morgan fingerprint density at radius 2 is 1.67 bits per heavy atom. The number of methoxy groups -OCH3 is 1. The van der Waals surface area contributed by atoms with Gasteiger partial charge in [0, 0.05) is 38.5 Å². The van der Waals surface area contributed by atoms with E-state index in [4.69, 9.17) is 14.2 Å². The van der Waals surface area contributed by atoms with Gasteiger partial charge in [0.2, 0.25) is 6.29 Å². The Morgan fingerprint density at radius 3 is 2.35 bits per heavy atom. The Hall–Kier alpha value is -4.37. The van der Waals surface area contributed by atoms with Gasteiger partial charge >= 0.3 is 12.1 Å². The molecular formula is C34H39N3O6. The van der Waals surface area contributed by atoms with Crippen molar-refractivity contribution in [2.75, 3.05) is 32.1 Å². The molecule has 3 aromatic carbocycles. The Bertz CT molecular complexity index is 1410. The number of fused-ring (bicyclic) bond motifs is 1. The summed E-state index contributed by atoms with van der Waals surface area (Å²) in [7, 11) is 1.42. The molecule has 1 N–H and O–H groups in total. The highest BCUT2D eigenvalue weighted by atomic mass is 16.7. The topological polar surface area (TPSA) is 97.4 Å². The number of anilines is 1. The smallest absolute Gasteiger partial charge is 0.412 e. The number of aldehydes is 1. The summed E-state index contributed by atoms with van der Waals surface area (Å²) in [5.41, 5.74) is 5.47. The summed E-state index contributed by atoms with van der Waals surface area (Å²) in [6.45, 7) is 5.80. The SMILES string of the molecule is COC(OC(=O)N1CCC(N2CCc3ccccc3NC2=O)CC1)C(C=O)c1cc(C)c(OCc2ccccc2)c(C)c1. The van der Waals surface area contributed by atoms with Gasteiger partial charge in [0.25, 0.3) is 0 Å². The maximum atomic E-state index is 13.2. The lowest BCUT2D eigenvalue weighted by molar-refractivity contribution is -0.129. The molecule has 9 heteroatoms. The minimum Gasteiger partial charge on any atom is -0.488 e. The Morgan fingerprint density at radius 1 is 1.00 bits per heavy atom. The fraction of sp³-hybridized carbons (Fsp3) is 0.382. The van der Waals surface area contributed by atoms with E-state index in [-0.39, 0.29) is 12.1 Å². The average Bonchev–Trinajstić information content (AvgIpc) is 3.19. The molecule has 2 aliphatic heterocycles. The number of ether oxygens (including phenoxy) is 3. The largest absolute Gasteiger partial charge is 0.488 e. The molecule has 1 saturated heterocycles. The highest BCUT2D eigenvalue weighted by molar-refractivity contribution is 5.91. The van der Waals surface area contributed by atoms with Gasteiger partial charge in [0.05, 0.1) is 0 Å². The van der Waals surface area contributed by atoms with Crippen molar-refractivity contribution < 1.29 is 28.6 Å². The molecular weight excluding hydrogens is 546 g/mol. The Balaban J connectivity index is 1.18. The van der Waals surface area contributed by atoms with Crippen LogP contribution >= 0.6 is 0 Å². The van der Waals surface area contributed by atoms with Gasteiger partial charge in [-0.05, 0) is 67.0 Å². The van der Waals surface area contributed by atoms with E-state index < -0.39 is 18.3 Å². The molecule has 43 heavy (non-hydrogen) atoms. The van der Waals surface area contributed by atoms with Gasteiger partial charge in [-0.3, -0.25) is 0 Å². The van der Waals surface area contributed by atoms with Crippen LogP contribution in [0.3, 0.4) is 0 Å². The van der Waals surface area contributed by atoms with E-state index in [2.05, 4.69) is 5.32 Å². The van der Waals surface area contributed by atoms with Gasteiger partial charge in [-0.1, -0.05) is 60.7 Å². The van der Waals surface area contributed by atoms with Crippen molar-refractivity contribution in [1.29, 1.82) is 0 Å². The number of amides is 3. The number of likely N-dealkylation sites (tertiary alicyclic amines) is 1. The fourth-order valence-electron chi connectivity index (χ4n) is 5.97. The number of carbonyl (C=O) groups excluding carboxylic acids is 3. The molecule has 2 aliphatic rings. The number of hydrogen-bond donors (Lipinski definition) is 1. The number of aryl methyl sites for hydroxylation is 2. The summed E-state index contributed by atoms with van der Waals surface area (Å²) < 4.78 is 17.3. The summed E-state index contributed by atoms with van der Waals surface area (Å²) in [6.07, 6.45) is 1.17. The molecule has 0 aromatic heterocycles. The van der Waals surface area contributed by atoms with Gasteiger partial charge in [-0.2, -0.15) is 0 Å². The van der Waals surface area contributed by atoms with Crippen LogP contribution in [0.2, 0.25) is 0 Å². The number of rotatable bonds is 9. The number of benzene rings is 3. The third-order valence-corrected chi connectivity index (χ3v) is 8.29. The second kappa shape index (κ2) is 13.7.